The van der Waals surface area contributed by atoms with E-state index in [9.17, 15) is 9.90 Å². The zero-order chi connectivity index (χ0) is 17.6. The van der Waals surface area contributed by atoms with Gasteiger partial charge in [-0.2, -0.15) is 10.1 Å². The standard InChI is InChI=1S/C20H25N3O2/c1-13-6-8-14(9-7-13)19-17-11-10-15(24)4-3-5-16(17)18-12-22(2)20(25)23(18)21-19/h6-9,15,17,24H,3-5,10-12H2,1-2H3. The van der Waals surface area contributed by atoms with Crippen LogP contribution in [0.3, 0.4) is 0 Å². The lowest BCUT2D eigenvalue weighted by Crippen LogP contribution is -2.34. The van der Waals surface area contributed by atoms with E-state index in [0.29, 0.717) is 6.54 Å². The van der Waals surface area contributed by atoms with Crippen molar-refractivity contribution in [3.63, 3.8) is 0 Å². The van der Waals surface area contributed by atoms with Crippen LogP contribution in [-0.2, 0) is 0 Å². The van der Waals surface area contributed by atoms with Crippen LogP contribution in [-0.4, -0.2) is 46.5 Å². The fourth-order valence-electron chi connectivity index (χ4n) is 4.16. The molecule has 0 aromatic heterocycles. The van der Waals surface area contributed by atoms with Crippen LogP contribution >= 0.6 is 0 Å². The largest absolute Gasteiger partial charge is 0.393 e. The molecule has 2 amide bonds. The lowest BCUT2D eigenvalue weighted by Gasteiger charge is -2.33. The SMILES string of the molecule is Cc1ccc(C2=NN3C(=O)N(C)CC3=C3CCCC(O)CCC23)cc1. The van der Waals surface area contributed by atoms with Crippen LogP contribution in [0.2, 0.25) is 0 Å². The first-order chi connectivity index (χ1) is 12.0. The van der Waals surface area contributed by atoms with Crippen molar-refractivity contribution in [2.75, 3.05) is 13.6 Å². The van der Waals surface area contributed by atoms with E-state index in [4.69, 9.17) is 5.10 Å². The molecule has 1 saturated heterocycles. The molecule has 1 aliphatic carbocycles. The average molecular weight is 339 g/mol. The van der Waals surface area contributed by atoms with Crippen LogP contribution in [0, 0.1) is 12.8 Å². The van der Waals surface area contributed by atoms with Gasteiger partial charge in [-0.05, 0) is 50.2 Å². The Morgan fingerprint density at radius 3 is 2.68 bits per heavy atom. The maximum atomic E-state index is 12.5. The van der Waals surface area contributed by atoms with Crippen LogP contribution in [0.1, 0.15) is 43.2 Å². The van der Waals surface area contributed by atoms with E-state index >= 15 is 0 Å². The summed E-state index contributed by atoms with van der Waals surface area (Å²) in [7, 11) is 1.83. The number of allylic oxidation sites excluding steroid dienone is 1. The summed E-state index contributed by atoms with van der Waals surface area (Å²) in [6, 6.07) is 8.32. The summed E-state index contributed by atoms with van der Waals surface area (Å²) in [4.78, 5) is 14.3. The number of likely N-dealkylation sites (N-methyl/N-ethyl adjacent to an activating group) is 1. The van der Waals surface area contributed by atoms with E-state index in [1.807, 2.05) is 7.05 Å². The average Bonchev–Trinajstić information content (AvgIpc) is 2.86. The number of fused-ring (bicyclic) bond motifs is 2. The highest BCUT2D eigenvalue weighted by atomic mass is 16.3. The number of carbonyl (C=O) groups is 1. The predicted molar refractivity (Wildman–Crippen MR) is 97.2 cm³/mol. The number of aliphatic hydroxyl groups excluding tert-OH is 1. The molecule has 2 atom stereocenters. The van der Waals surface area contributed by atoms with Gasteiger partial charge in [-0.1, -0.05) is 29.8 Å². The first-order valence-corrected chi connectivity index (χ1v) is 9.15. The van der Waals surface area contributed by atoms with Crippen molar-refractivity contribution < 1.29 is 9.90 Å². The fraction of sp³-hybridized carbons (Fsp3) is 0.500. The van der Waals surface area contributed by atoms with Crippen molar-refractivity contribution in [1.29, 1.82) is 0 Å². The van der Waals surface area contributed by atoms with Gasteiger partial charge in [0.2, 0.25) is 0 Å². The molecule has 1 aromatic carbocycles. The lowest BCUT2D eigenvalue weighted by molar-refractivity contribution is 0.142. The van der Waals surface area contributed by atoms with Crippen molar-refractivity contribution in [3.05, 3.63) is 46.7 Å². The highest BCUT2D eigenvalue weighted by Crippen LogP contribution is 2.39. The Kier molecular flexibility index (Phi) is 4.12. The molecular weight excluding hydrogens is 314 g/mol. The summed E-state index contributed by atoms with van der Waals surface area (Å²) in [5, 5.41) is 16.5. The van der Waals surface area contributed by atoms with Crippen molar-refractivity contribution in [2.24, 2.45) is 11.0 Å². The maximum absolute atomic E-state index is 12.5. The molecule has 1 saturated carbocycles. The van der Waals surface area contributed by atoms with Crippen LogP contribution in [0.5, 0.6) is 0 Å². The third kappa shape index (κ3) is 2.86. The minimum atomic E-state index is -0.225. The molecule has 3 aliphatic rings. The zero-order valence-electron chi connectivity index (χ0n) is 14.9. The Morgan fingerprint density at radius 1 is 1.16 bits per heavy atom. The minimum absolute atomic E-state index is 0.0485. The smallest absolute Gasteiger partial charge is 0.345 e. The Bertz CT molecular complexity index is 751. The van der Waals surface area contributed by atoms with Gasteiger partial charge in [0.25, 0.3) is 0 Å². The monoisotopic (exact) mass is 339 g/mol. The Balaban J connectivity index is 1.79. The summed E-state index contributed by atoms with van der Waals surface area (Å²) in [6.07, 6.45) is 4.18. The second-order valence-corrected chi connectivity index (χ2v) is 7.45. The molecule has 2 heterocycles. The third-order valence-corrected chi connectivity index (χ3v) is 5.60. The Morgan fingerprint density at radius 2 is 1.92 bits per heavy atom. The molecule has 0 spiro atoms. The van der Waals surface area contributed by atoms with E-state index in [2.05, 4.69) is 31.2 Å². The first-order valence-electron chi connectivity index (χ1n) is 9.15. The van der Waals surface area contributed by atoms with Gasteiger partial charge in [0.1, 0.15) is 0 Å². The molecule has 1 aromatic rings. The fourth-order valence-corrected chi connectivity index (χ4v) is 4.16. The van der Waals surface area contributed by atoms with Crippen molar-refractivity contribution in [2.45, 2.75) is 45.1 Å². The van der Waals surface area contributed by atoms with Crippen LogP contribution < -0.4 is 0 Å². The number of hydrazone groups is 1. The molecule has 132 valence electrons. The second-order valence-electron chi connectivity index (χ2n) is 7.45. The summed E-state index contributed by atoms with van der Waals surface area (Å²) in [5.41, 5.74) is 5.66. The van der Waals surface area contributed by atoms with E-state index in [-0.39, 0.29) is 18.1 Å². The zero-order valence-corrected chi connectivity index (χ0v) is 14.9. The normalized spacial score (nSPS) is 26.8. The highest BCUT2D eigenvalue weighted by Gasteiger charge is 2.40. The quantitative estimate of drug-likeness (QED) is 0.854. The number of nitrogens with zero attached hydrogens (tertiary/aromatic N) is 3. The molecule has 2 unspecified atom stereocenters. The van der Waals surface area contributed by atoms with E-state index in [1.54, 1.807) is 9.91 Å². The lowest BCUT2D eigenvalue weighted by atomic mass is 9.79. The topological polar surface area (TPSA) is 56.1 Å². The summed E-state index contributed by atoms with van der Waals surface area (Å²) >= 11 is 0. The van der Waals surface area contributed by atoms with Crippen molar-refractivity contribution in [3.8, 4) is 0 Å². The van der Waals surface area contributed by atoms with Crippen molar-refractivity contribution in [1.82, 2.24) is 9.91 Å². The summed E-state index contributed by atoms with van der Waals surface area (Å²) < 4.78 is 0. The molecule has 2 aliphatic heterocycles. The van der Waals surface area contributed by atoms with Gasteiger partial charge < -0.3 is 10.0 Å². The highest BCUT2D eigenvalue weighted by molar-refractivity contribution is 6.05. The van der Waals surface area contributed by atoms with Crippen LogP contribution in [0.4, 0.5) is 4.79 Å². The van der Waals surface area contributed by atoms with Gasteiger partial charge in [-0.3, -0.25) is 0 Å². The van der Waals surface area contributed by atoms with Crippen molar-refractivity contribution >= 4 is 11.7 Å². The maximum Gasteiger partial charge on any atom is 0.345 e. The third-order valence-electron chi connectivity index (χ3n) is 5.60. The number of rotatable bonds is 1. The summed E-state index contributed by atoms with van der Waals surface area (Å²) in [6.45, 7) is 2.71. The molecule has 5 nitrogen and oxygen atoms in total. The number of aryl methyl sites for hydroxylation is 1. The number of urea groups is 1. The first kappa shape index (κ1) is 16.3. The van der Waals surface area contributed by atoms with Crippen LogP contribution in [0.25, 0.3) is 0 Å². The second kappa shape index (κ2) is 6.30. The van der Waals surface area contributed by atoms with Gasteiger partial charge in [0.15, 0.2) is 0 Å². The minimum Gasteiger partial charge on any atom is -0.393 e. The molecule has 25 heavy (non-hydrogen) atoms. The van der Waals surface area contributed by atoms with Gasteiger partial charge in [0, 0.05) is 13.0 Å². The molecule has 1 N–H and O–H groups in total. The van der Waals surface area contributed by atoms with Gasteiger partial charge in [-0.25, -0.2) is 4.79 Å². The Labute approximate surface area is 148 Å². The number of carbonyl (C=O) groups excluding carboxylic acids is 1. The number of aliphatic hydroxyl groups is 1. The molecule has 0 radical (unpaired) electrons. The van der Waals surface area contributed by atoms with Gasteiger partial charge >= 0.3 is 6.03 Å². The number of hydrogen-bond donors (Lipinski definition) is 1. The number of benzene rings is 1. The Hall–Kier alpha value is -2.14. The van der Waals surface area contributed by atoms with E-state index < -0.39 is 0 Å². The number of amides is 2. The molecule has 4 rings (SSSR count). The molecule has 5 heteroatoms. The van der Waals surface area contributed by atoms with E-state index in [0.717, 1.165) is 49.1 Å². The van der Waals surface area contributed by atoms with Crippen LogP contribution in [0.15, 0.2) is 40.6 Å². The van der Waals surface area contributed by atoms with Gasteiger partial charge in [-0.15, -0.1) is 0 Å². The predicted octanol–water partition coefficient (Wildman–Crippen LogP) is 3.28. The molecule has 2 fully saturated rings. The molecule has 0 bridgehead atoms. The summed E-state index contributed by atoms with van der Waals surface area (Å²) in [5.74, 6) is 0.197. The molecular formula is C20H25N3O2. The number of hydrogen-bond acceptors (Lipinski definition) is 3. The van der Waals surface area contributed by atoms with Gasteiger partial charge in [0.05, 0.1) is 24.1 Å². The van der Waals surface area contributed by atoms with E-state index in [1.165, 1.54) is 11.1 Å².